The van der Waals surface area contributed by atoms with E-state index in [4.69, 9.17) is 4.98 Å². The Bertz CT molecular complexity index is 1960. The molecule has 6 rings (SSSR count). The van der Waals surface area contributed by atoms with Gasteiger partial charge in [-0.3, -0.25) is 18.5 Å². The molecule has 3 aromatic carbocycles. The molecule has 0 radical (unpaired) electrons. The Labute approximate surface area is 216 Å². The zero-order chi connectivity index (χ0) is 26.7. The van der Waals surface area contributed by atoms with Crippen LogP contribution >= 0.6 is 0 Å². The van der Waals surface area contributed by atoms with Crippen molar-refractivity contribution in [1.82, 2.24) is 34.0 Å². The Balaban J connectivity index is 1.56. The van der Waals surface area contributed by atoms with Crippen LogP contribution in [0.4, 0.5) is 4.39 Å². The van der Waals surface area contributed by atoms with E-state index in [9.17, 15) is 14.0 Å². The quantitative estimate of drug-likeness (QED) is 0.374. The fourth-order valence-electron chi connectivity index (χ4n) is 4.91. The Morgan fingerprint density at radius 3 is 2.37 bits per heavy atom. The molecule has 0 saturated heterocycles. The number of halogens is 1. The molecular weight excluding hydrogens is 485 g/mol. The van der Waals surface area contributed by atoms with Crippen LogP contribution in [0.3, 0.4) is 0 Å². The van der Waals surface area contributed by atoms with Gasteiger partial charge in [-0.15, -0.1) is 0 Å². The Kier molecular flexibility index (Phi) is 5.27. The summed E-state index contributed by atoms with van der Waals surface area (Å²) in [5, 5.41) is 2.45. The van der Waals surface area contributed by atoms with Crippen molar-refractivity contribution in [3.8, 4) is 28.3 Å². The van der Waals surface area contributed by atoms with Gasteiger partial charge in [0.25, 0.3) is 5.91 Å². The first kappa shape index (κ1) is 23.4. The predicted octanol–water partition coefficient (Wildman–Crippen LogP) is 4.08. The number of amides is 1. The summed E-state index contributed by atoms with van der Waals surface area (Å²) in [6.07, 6.45) is 1.63. The third-order valence-electron chi connectivity index (χ3n) is 6.98. The summed E-state index contributed by atoms with van der Waals surface area (Å²) in [6.45, 7) is 1.93. The van der Waals surface area contributed by atoms with Gasteiger partial charge < -0.3 is 10.3 Å². The lowest BCUT2D eigenvalue weighted by Gasteiger charge is -2.10. The van der Waals surface area contributed by atoms with Crippen LogP contribution < -0.4 is 11.0 Å². The number of H-pyrrole nitrogens is 1. The lowest BCUT2D eigenvalue weighted by Crippen LogP contribution is -2.19. The van der Waals surface area contributed by atoms with Gasteiger partial charge in [0, 0.05) is 32.5 Å². The van der Waals surface area contributed by atoms with Gasteiger partial charge in [0.05, 0.1) is 34.0 Å². The van der Waals surface area contributed by atoms with Gasteiger partial charge in [0.2, 0.25) is 0 Å². The van der Waals surface area contributed by atoms with Gasteiger partial charge in [-0.2, -0.15) is 0 Å². The minimum Gasteiger partial charge on any atom is -0.355 e. The number of hydrogen-bond acceptors (Lipinski definition) is 4. The van der Waals surface area contributed by atoms with E-state index < -0.39 is 11.7 Å². The molecule has 3 heterocycles. The van der Waals surface area contributed by atoms with Crippen molar-refractivity contribution in [3.05, 3.63) is 88.5 Å². The van der Waals surface area contributed by atoms with Crippen LogP contribution in [0.15, 0.2) is 65.7 Å². The van der Waals surface area contributed by atoms with Gasteiger partial charge in [-0.05, 0) is 60.5 Å². The van der Waals surface area contributed by atoms with Gasteiger partial charge >= 0.3 is 5.69 Å². The highest BCUT2D eigenvalue weighted by Gasteiger charge is 2.20. The van der Waals surface area contributed by atoms with Crippen LogP contribution in [0.25, 0.3) is 50.4 Å². The fourth-order valence-corrected chi connectivity index (χ4v) is 4.91. The lowest BCUT2D eigenvalue weighted by molar-refractivity contribution is 0.0959. The molecule has 0 unspecified atom stereocenters. The van der Waals surface area contributed by atoms with Crippen LogP contribution in [0.2, 0.25) is 0 Å². The molecule has 3 aromatic heterocycles. The average molecular weight is 510 g/mol. The monoisotopic (exact) mass is 509 g/mol. The first-order chi connectivity index (χ1) is 18.3. The second kappa shape index (κ2) is 8.55. The molecule has 9 nitrogen and oxygen atoms in total. The summed E-state index contributed by atoms with van der Waals surface area (Å²) < 4.78 is 19.9. The summed E-state index contributed by atoms with van der Waals surface area (Å²) in [7, 11) is 4.97. The largest absolute Gasteiger partial charge is 0.355 e. The maximum Gasteiger partial charge on any atom is 0.328 e. The second-order valence-electron chi connectivity index (χ2n) is 9.20. The summed E-state index contributed by atoms with van der Waals surface area (Å²) in [5.74, 6) is -0.436. The first-order valence-electron chi connectivity index (χ1n) is 12.0. The van der Waals surface area contributed by atoms with Crippen molar-refractivity contribution in [2.45, 2.75) is 6.92 Å². The van der Waals surface area contributed by atoms with Crippen LogP contribution in [0, 0.1) is 12.7 Å². The molecular formula is C28H24FN7O2. The first-order valence-corrected chi connectivity index (χ1v) is 12.0. The molecule has 0 aliphatic rings. The van der Waals surface area contributed by atoms with Crippen LogP contribution in [0.5, 0.6) is 0 Å². The molecule has 0 bridgehead atoms. The standard InChI is InChI=1S/C28H24FN7O2/c1-15-25(32-14-31-15)26-33-21-12-17(16-5-8-19(20(29)11-16)27(37)30-2)6-9-22(21)36(26)18-7-10-23-24(13-18)35(4)28(38)34(23)3/h5-14H,1-4H3,(H,30,37)(H,31,32). The third-order valence-corrected chi connectivity index (χ3v) is 6.98. The fraction of sp³-hybridized carbons (Fsp3) is 0.143. The molecule has 10 heteroatoms. The lowest BCUT2D eigenvalue weighted by atomic mass is 10.0. The highest BCUT2D eigenvalue weighted by molar-refractivity contribution is 5.95. The van der Waals surface area contributed by atoms with Crippen LogP contribution in [0.1, 0.15) is 16.1 Å². The smallest absolute Gasteiger partial charge is 0.328 e. The van der Waals surface area contributed by atoms with Crippen molar-refractivity contribution in [2.75, 3.05) is 7.05 Å². The second-order valence-corrected chi connectivity index (χ2v) is 9.20. The van der Waals surface area contributed by atoms with Crippen molar-refractivity contribution < 1.29 is 9.18 Å². The number of rotatable bonds is 4. The zero-order valence-electron chi connectivity index (χ0n) is 21.2. The number of benzene rings is 3. The van der Waals surface area contributed by atoms with Gasteiger partial charge in [0.15, 0.2) is 5.82 Å². The SMILES string of the molecule is CNC(=O)c1ccc(-c2ccc3c(c2)nc(-c2nc[nH]c2C)n3-c2ccc3c(c2)n(C)c(=O)n3C)cc1F. The number of nitrogens with zero attached hydrogens (tertiary/aromatic N) is 5. The minimum absolute atomic E-state index is 0.0106. The molecule has 0 atom stereocenters. The molecule has 0 aliphatic heterocycles. The van der Waals surface area contributed by atoms with E-state index in [1.54, 1.807) is 35.6 Å². The molecule has 0 aliphatic carbocycles. The summed E-state index contributed by atoms with van der Waals surface area (Å²) in [4.78, 5) is 37.0. The van der Waals surface area contributed by atoms with E-state index in [0.29, 0.717) is 22.6 Å². The molecule has 190 valence electrons. The molecule has 0 saturated carbocycles. The zero-order valence-corrected chi connectivity index (χ0v) is 21.2. The minimum atomic E-state index is -0.595. The molecule has 38 heavy (non-hydrogen) atoms. The van der Waals surface area contributed by atoms with E-state index in [0.717, 1.165) is 33.5 Å². The van der Waals surface area contributed by atoms with Crippen LogP contribution in [-0.2, 0) is 14.1 Å². The Hall–Kier alpha value is -4.99. The molecule has 2 N–H and O–H groups in total. The summed E-state index contributed by atoms with van der Waals surface area (Å²) in [5.41, 5.74) is 6.81. The average Bonchev–Trinajstić information content (AvgIpc) is 3.58. The topological polar surface area (TPSA) is 103 Å². The molecule has 0 fully saturated rings. The number of carbonyl (C=O) groups is 1. The summed E-state index contributed by atoms with van der Waals surface area (Å²) >= 11 is 0. The number of aromatic nitrogens is 6. The number of hydrogen-bond donors (Lipinski definition) is 2. The van der Waals surface area contributed by atoms with Crippen molar-refractivity contribution in [2.24, 2.45) is 14.1 Å². The van der Waals surface area contributed by atoms with Crippen molar-refractivity contribution in [3.63, 3.8) is 0 Å². The highest BCUT2D eigenvalue weighted by Crippen LogP contribution is 2.33. The third kappa shape index (κ3) is 3.45. The maximum absolute atomic E-state index is 14.7. The van der Waals surface area contributed by atoms with E-state index in [2.05, 4.69) is 15.3 Å². The van der Waals surface area contributed by atoms with E-state index >= 15 is 0 Å². The number of imidazole rings is 3. The number of aryl methyl sites for hydroxylation is 3. The van der Waals surface area contributed by atoms with Crippen LogP contribution in [-0.4, -0.2) is 41.6 Å². The van der Waals surface area contributed by atoms with Gasteiger partial charge in [-0.1, -0.05) is 12.1 Å². The Morgan fingerprint density at radius 2 is 1.66 bits per heavy atom. The van der Waals surface area contributed by atoms with Crippen molar-refractivity contribution in [1.29, 1.82) is 0 Å². The van der Waals surface area contributed by atoms with Crippen molar-refractivity contribution >= 4 is 28.0 Å². The molecule has 0 spiro atoms. The number of aromatic amines is 1. The number of carbonyl (C=O) groups excluding carboxylic acids is 1. The van der Waals surface area contributed by atoms with Gasteiger partial charge in [0.1, 0.15) is 11.5 Å². The predicted molar refractivity (Wildman–Crippen MR) is 144 cm³/mol. The molecule has 6 aromatic rings. The Morgan fingerprint density at radius 1 is 0.947 bits per heavy atom. The molecule has 1 amide bonds. The normalized spacial score (nSPS) is 11.5. The van der Waals surface area contributed by atoms with E-state index in [-0.39, 0.29) is 11.3 Å². The summed E-state index contributed by atoms with van der Waals surface area (Å²) in [6, 6.07) is 16.1. The van der Waals surface area contributed by atoms with E-state index in [1.807, 2.05) is 47.9 Å². The number of fused-ring (bicyclic) bond motifs is 2. The number of nitrogens with one attached hydrogen (secondary N) is 2. The van der Waals surface area contributed by atoms with Gasteiger partial charge in [-0.25, -0.2) is 19.2 Å². The maximum atomic E-state index is 14.7. The highest BCUT2D eigenvalue weighted by atomic mass is 19.1. The van der Waals surface area contributed by atoms with E-state index in [1.165, 1.54) is 19.2 Å².